The summed E-state index contributed by atoms with van der Waals surface area (Å²) in [5.74, 6) is 0. The molecule has 0 radical (unpaired) electrons. The molecule has 52 valence electrons. The van der Waals surface area contributed by atoms with Gasteiger partial charge in [-0.15, -0.1) is 0 Å². The van der Waals surface area contributed by atoms with Crippen molar-refractivity contribution in [2.45, 2.75) is 0 Å². The minimum atomic E-state index is -5.14. The van der Waals surface area contributed by atoms with E-state index in [0.29, 0.717) is 0 Å². The molecule has 0 atom stereocenters. The van der Waals surface area contributed by atoms with Gasteiger partial charge in [0.05, 0.1) is 7.82 Å². The van der Waals surface area contributed by atoms with Crippen LogP contribution in [-0.4, -0.2) is 4.89 Å². The summed E-state index contributed by atoms with van der Waals surface area (Å²) in [6.45, 7) is 0. The normalized spacial score (nSPS) is 7.38. The molecule has 0 aliphatic carbocycles. The predicted molar refractivity (Wildman–Crippen MR) is 10.5 cm³/mol. The first-order chi connectivity index (χ1) is 2.00. The fourth-order valence-electron chi connectivity index (χ4n) is 0. The maximum absolute atomic E-state index is 8.66. The molecule has 0 saturated carbocycles. The average Bonchev–Trinajstić information content (AvgIpc) is 0.722. The zero-order valence-electron chi connectivity index (χ0n) is 3.23. The summed E-state index contributed by atoms with van der Waals surface area (Å²) in [6.07, 6.45) is 0. The minimum absolute atomic E-state index is 0. The van der Waals surface area contributed by atoms with Gasteiger partial charge in [0.1, 0.15) is 0 Å². The fraction of sp³-hybridized carbons (Fsp3) is 0. The van der Waals surface area contributed by atoms with Crippen LogP contribution < -0.4 is 9.79 Å². The van der Waals surface area contributed by atoms with E-state index < -0.39 is 7.82 Å². The topological polar surface area (TPSA) is 112 Å². The molecule has 0 aromatic rings. The van der Waals surface area contributed by atoms with Crippen LogP contribution in [0.25, 0.3) is 0 Å². The quantitative estimate of drug-likeness (QED) is 0.367. The maximum atomic E-state index is 8.66. The van der Waals surface area contributed by atoms with Crippen molar-refractivity contribution in [2.24, 2.45) is 0 Å². The second kappa shape index (κ2) is 8.11. The molecule has 8 heavy (non-hydrogen) atoms. The second-order valence-electron chi connectivity index (χ2n) is 0.469. The summed E-state index contributed by atoms with van der Waals surface area (Å²) >= 11 is 0. The van der Waals surface area contributed by atoms with Crippen molar-refractivity contribution in [1.29, 1.82) is 0 Å². The molecule has 0 heterocycles. The van der Waals surface area contributed by atoms with Crippen molar-refractivity contribution >= 4 is 7.82 Å². The third-order valence-corrected chi connectivity index (χ3v) is 0. The molecule has 0 rings (SSSR count). The number of hydrogen-bond donors (Lipinski definition) is 1. The Balaban J connectivity index is -0.0000000267. The number of rotatable bonds is 0. The van der Waals surface area contributed by atoms with Crippen molar-refractivity contribution in [3.63, 3.8) is 0 Å². The molecular formula is HFe2O5P. The van der Waals surface area contributed by atoms with Crippen LogP contribution in [0.4, 0.5) is 0 Å². The summed E-state index contributed by atoms with van der Waals surface area (Å²) in [5, 5.41) is 0. The summed E-state index contributed by atoms with van der Waals surface area (Å²) < 4.78 is 8.66. The molecule has 1 N–H and O–H groups in total. The van der Waals surface area contributed by atoms with Gasteiger partial charge >= 0.3 is 34.1 Å². The molecule has 0 aliphatic heterocycles. The molecule has 0 bridgehead atoms. The van der Waals surface area contributed by atoms with Gasteiger partial charge in [-0.2, -0.15) is 0 Å². The standard InChI is InChI=1S/2Fe.H3O4P.O/c;;1-5(2,3)4;/h;;(H3,1,2,3,4);/q2*+2;;-2/p-2. The van der Waals surface area contributed by atoms with Gasteiger partial charge in [0.25, 0.3) is 0 Å². The van der Waals surface area contributed by atoms with E-state index in [9.17, 15) is 0 Å². The van der Waals surface area contributed by atoms with Crippen LogP contribution in [0.3, 0.4) is 0 Å². The Morgan fingerprint density at radius 1 is 1.25 bits per heavy atom. The largest absolute Gasteiger partial charge is 2.00 e. The summed E-state index contributed by atoms with van der Waals surface area (Å²) in [6, 6.07) is 0. The van der Waals surface area contributed by atoms with Crippen molar-refractivity contribution in [3.8, 4) is 0 Å². The van der Waals surface area contributed by atoms with Gasteiger partial charge in [0.2, 0.25) is 0 Å². The van der Waals surface area contributed by atoms with Gasteiger partial charge in [-0.1, -0.05) is 0 Å². The molecule has 5 nitrogen and oxygen atoms in total. The molecule has 0 fully saturated rings. The van der Waals surface area contributed by atoms with E-state index in [1.165, 1.54) is 0 Å². The third kappa shape index (κ3) is 216. The van der Waals surface area contributed by atoms with Gasteiger partial charge in [-0.25, -0.2) is 0 Å². The average molecular weight is 224 g/mol. The van der Waals surface area contributed by atoms with Crippen LogP contribution in [0.1, 0.15) is 0 Å². The van der Waals surface area contributed by atoms with Crippen molar-refractivity contribution in [3.05, 3.63) is 0 Å². The monoisotopic (exact) mass is 224 g/mol. The van der Waals surface area contributed by atoms with E-state index in [-0.39, 0.29) is 39.6 Å². The molecule has 0 spiro atoms. The SMILES string of the molecule is O=P([O-])([O-])O.[Fe+2].[Fe+2].[O-2]. The van der Waals surface area contributed by atoms with E-state index >= 15 is 0 Å². The minimum Gasteiger partial charge on any atom is -2.00 e. The Labute approximate surface area is 67.0 Å². The zero-order valence-corrected chi connectivity index (χ0v) is 6.34. The Kier molecular flexibility index (Phi) is 23.3. The summed E-state index contributed by atoms with van der Waals surface area (Å²) in [5.41, 5.74) is 0. The first-order valence-electron chi connectivity index (χ1n) is 0.748. The third-order valence-electron chi connectivity index (χ3n) is 0. The van der Waals surface area contributed by atoms with Crippen LogP contribution in [0, 0.1) is 0 Å². The van der Waals surface area contributed by atoms with Crippen LogP contribution in [0.2, 0.25) is 0 Å². The van der Waals surface area contributed by atoms with Gasteiger partial charge < -0.3 is 24.7 Å². The zero-order chi connectivity index (χ0) is 4.50. The van der Waals surface area contributed by atoms with Gasteiger partial charge in [0.15, 0.2) is 0 Å². The van der Waals surface area contributed by atoms with Gasteiger partial charge in [-0.3, -0.25) is 0 Å². The first-order valence-corrected chi connectivity index (χ1v) is 2.24. The van der Waals surface area contributed by atoms with Crippen molar-refractivity contribution in [2.75, 3.05) is 0 Å². The first kappa shape index (κ1) is 22.9. The molecule has 8 heteroatoms. The fourth-order valence-corrected chi connectivity index (χ4v) is 0. The van der Waals surface area contributed by atoms with Crippen LogP contribution >= 0.6 is 7.82 Å². The molecule has 0 amide bonds. The van der Waals surface area contributed by atoms with Crippen LogP contribution in [-0.2, 0) is 44.2 Å². The Morgan fingerprint density at radius 3 is 1.25 bits per heavy atom. The molecule has 0 saturated heterocycles. The molecule has 0 aromatic carbocycles. The van der Waals surface area contributed by atoms with E-state index in [0.717, 1.165) is 0 Å². The van der Waals surface area contributed by atoms with Crippen molar-refractivity contribution < 1.29 is 58.9 Å². The number of hydrogen-bond acceptors (Lipinski definition) is 3. The Hall–Kier alpha value is 1.11. The molecular weight excluding hydrogens is 223 g/mol. The van der Waals surface area contributed by atoms with E-state index in [1.807, 2.05) is 0 Å². The van der Waals surface area contributed by atoms with Gasteiger partial charge in [0, 0.05) is 0 Å². The molecule has 0 aromatic heterocycles. The van der Waals surface area contributed by atoms with Crippen LogP contribution in [0.5, 0.6) is 0 Å². The Bertz CT molecular complexity index is 56.6. The van der Waals surface area contributed by atoms with E-state index in [2.05, 4.69) is 0 Å². The molecule has 0 aliphatic rings. The smallest absolute Gasteiger partial charge is 2.00 e. The van der Waals surface area contributed by atoms with Gasteiger partial charge in [-0.05, 0) is 0 Å². The summed E-state index contributed by atoms with van der Waals surface area (Å²) in [7, 11) is -5.14. The van der Waals surface area contributed by atoms with E-state index in [1.54, 1.807) is 0 Å². The van der Waals surface area contributed by atoms with E-state index in [4.69, 9.17) is 19.2 Å². The molecule has 0 unspecified atom stereocenters. The Morgan fingerprint density at radius 2 is 1.25 bits per heavy atom. The number of phosphoric acid groups is 1. The summed E-state index contributed by atoms with van der Waals surface area (Å²) in [4.78, 5) is 24.3. The maximum Gasteiger partial charge on any atom is 2.00 e. The van der Waals surface area contributed by atoms with Crippen molar-refractivity contribution in [1.82, 2.24) is 0 Å². The second-order valence-corrected chi connectivity index (χ2v) is 1.41. The predicted octanol–water partition coefficient (Wildman–Crippen LogP) is -2.32. The van der Waals surface area contributed by atoms with Crippen LogP contribution in [0.15, 0.2) is 0 Å².